The van der Waals surface area contributed by atoms with Crippen LogP contribution in [0.15, 0.2) is 49.1 Å². The molecule has 5 rings (SSSR count). The summed E-state index contributed by atoms with van der Waals surface area (Å²) in [4.78, 5) is 22.4. The SMILES string of the molecule is Cc1ccc(-c2cnn(C)c2)nc1Nc1ncc(C(=O)Nc2c(C)ccc3[nH]ncc23)s1. The Balaban J connectivity index is 1.37. The molecule has 10 heteroatoms. The molecule has 5 aromatic rings. The second-order valence-corrected chi connectivity index (χ2v) is 8.49. The second kappa shape index (κ2) is 7.89. The van der Waals surface area contributed by atoms with Gasteiger partial charge in [0, 0.05) is 24.2 Å². The van der Waals surface area contributed by atoms with Crippen molar-refractivity contribution in [3.8, 4) is 11.3 Å². The Kier molecular flexibility index (Phi) is 4.91. The Hall–Kier alpha value is -4.05. The number of aryl methyl sites for hydroxylation is 3. The molecule has 0 radical (unpaired) electrons. The van der Waals surface area contributed by atoms with E-state index in [0.29, 0.717) is 15.8 Å². The summed E-state index contributed by atoms with van der Waals surface area (Å²) in [5, 5.41) is 18.9. The van der Waals surface area contributed by atoms with Gasteiger partial charge in [-0.2, -0.15) is 10.2 Å². The number of carbonyl (C=O) groups is 1. The average molecular weight is 445 g/mol. The van der Waals surface area contributed by atoms with E-state index in [1.165, 1.54) is 11.3 Å². The lowest BCUT2D eigenvalue weighted by molar-refractivity contribution is 0.103. The Morgan fingerprint density at radius 2 is 1.94 bits per heavy atom. The van der Waals surface area contributed by atoms with Crippen molar-refractivity contribution < 1.29 is 4.79 Å². The number of hydrogen-bond donors (Lipinski definition) is 3. The molecule has 4 heterocycles. The first-order valence-corrected chi connectivity index (χ1v) is 10.7. The maximum Gasteiger partial charge on any atom is 0.267 e. The highest BCUT2D eigenvalue weighted by Crippen LogP contribution is 2.29. The number of nitrogens with zero attached hydrogens (tertiary/aromatic N) is 5. The lowest BCUT2D eigenvalue weighted by Gasteiger charge is -2.08. The van der Waals surface area contributed by atoms with Crippen LogP contribution in [0.25, 0.3) is 22.2 Å². The van der Waals surface area contributed by atoms with E-state index in [-0.39, 0.29) is 5.91 Å². The number of H-pyrrole nitrogens is 1. The van der Waals surface area contributed by atoms with Crippen molar-refractivity contribution in [1.82, 2.24) is 29.9 Å². The largest absolute Gasteiger partial charge is 0.320 e. The quantitative estimate of drug-likeness (QED) is 0.370. The van der Waals surface area contributed by atoms with Crippen molar-refractivity contribution in [2.45, 2.75) is 13.8 Å². The van der Waals surface area contributed by atoms with Gasteiger partial charge in [0.05, 0.1) is 35.5 Å². The van der Waals surface area contributed by atoms with E-state index in [1.54, 1.807) is 23.3 Å². The van der Waals surface area contributed by atoms with Crippen LogP contribution in [-0.2, 0) is 7.05 Å². The van der Waals surface area contributed by atoms with Crippen LogP contribution in [0, 0.1) is 13.8 Å². The fourth-order valence-electron chi connectivity index (χ4n) is 3.38. The first-order valence-electron chi connectivity index (χ1n) is 9.91. The van der Waals surface area contributed by atoms with E-state index >= 15 is 0 Å². The van der Waals surface area contributed by atoms with Crippen molar-refractivity contribution in [2.24, 2.45) is 7.05 Å². The van der Waals surface area contributed by atoms with Crippen LogP contribution in [0.5, 0.6) is 0 Å². The van der Waals surface area contributed by atoms with E-state index in [9.17, 15) is 4.79 Å². The molecule has 0 fully saturated rings. The van der Waals surface area contributed by atoms with Crippen molar-refractivity contribution >= 4 is 44.8 Å². The van der Waals surface area contributed by atoms with Gasteiger partial charge in [0.2, 0.25) is 0 Å². The zero-order valence-electron chi connectivity index (χ0n) is 17.7. The highest BCUT2D eigenvalue weighted by Gasteiger charge is 2.16. The predicted molar refractivity (Wildman–Crippen MR) is 125 cm³/mol. The molecule has 32 heavy (non-hydrogen) atoms. The molecule has 3 N–H and O–H groups in total. The van der Waals surface area contributed by atoms with Crippen LogP contribution in [-0.4, -0.2) is 35.9 Å². The van der Waals surface area contributed by atoms with Gasteiger partial charge >= 0.3 is 0 Å². The minimum absolute atomic E-state index is 0.221. The molecule has 0 atom stereocenters. The smallest absolute Gasteiger partial charge is 0.267 e. The zero-order valence-corrected chi connectivity index (χ0v) is 18.5. The number of benzene rings is 1. The zero-order chi connectivity index (χ0) is 22.2. The molecule has 0 saturated carbocycles. The Morgan fingerprint density at radius 1 is 1.09 bits per heavy atom. The van der Waals surface area contributed by atoms with Crippen LogP contribution in [0.3, 0.4) is 0 Å². The van der Waals surface area contributed by atoms with E-state index in [1.807, 2.05) is 51.4 Å². The van der Waals surface area contributed by atoms with Gasteiger partial charge in [0.15, 0.2) is 5.13 Å². The van der Waals surface area contributed by atoms with E-state index in [2.05, 4.69) is 30.9 Å². The lowest BCUT2D eigenvalue weighted by atomic mass is 10.1. The molecule has 1 amide bonds. The Morgan fingerprint density at radius 3 is 2.75 bits per heavy atom. The highest BCUT2D eigenvalue weighted by atomic mass is 32.1. The summed E-state index contributed by atoms with van der Waals surface area (Å²) in [6, 6.07) is 7.83. The Labute approximate surface area is 187 Å². The molecule has 0 bridgehead atoms. The molecule has 0 aliphatic rings. The lowest BCUT2D eigenvalue weighted by Crippen LogP contribution is -2.11. The van der Waals surface area contributed by atoms with E-state index < -0.39 is 0 Å². The summed E-state index contributed by atoms with van der Waals surface area (Å²) < 4.78 is 1.74. The topological polar surface area (TPSA) is 113 Å². The van der Waals surface area contributed by atoms with Gasteiger partial charge in [0.1, 0.15) is 10.7 Å². The van der Waals surface area contributed by atoms with Gasteiger partial charge in [-0.05, 0) is 37.1 Å². The van der Waals surface area contributed by atoms with Crippen LogP contribution in [0.4, 0.5) is 16.6 Å². The third-order valence-electron chi connectivity index (χ3n) is 5.12. The molecule has 0 spiro atoms. The number of aromatic amines is 1. The predicted octanol–water partition coefficient (Wildman–Crippen LogP) is 4.43. The number of fused-ring (bicyclic) bond motifs is 1. The fraction of sp³-hybridized carbons (Fsp3) is 0.136. The number of rotatable bonds is 5. The van der Waals surface area contributed by atoms with Crippen LogP contribution < -0.4 is 10.6 Å². The van der Waals surface area contributed by atoms with E-state index in [0.717, 1.165) is 39.0 Å². The summed E-state index contributed by atoms with van der Waals surface area (Å²) in [6.07, 6.45) is 6.96. The molecule has 0 aliphatic heterocycles. The van der Waals surface area contributed by atoms with Gasteiger partial charge in [-0.15, -0.1) is 0 Å². The van der Waals surface area contributed by atoms with Crippen molar-refractivity contribution in [3.63, 3.8) is 0 Å². The molecular formula is C22H20N8OS. The third kappa shape index (κ3) is 3.71. The maximum atomic E-state index is 12.9. The monoisotopic (exact) mass is 444 g/mol. The summed E-state index contributed by atoms with van der Waals surface area (Å²) in [5.41, 5.74) is 5.28. The summed E-state index contributed by atoms with van der Waals surface area (Å²) in [7, 11) is 1.87. The van der Waals surface area contributed by atoms with Gasteiger partial charge in [-0.25, -0.2) is 9.97 Å². The van der Waals surface area contributed by atoms with Gasteiger partial charge in [-0.3, -0.25) is 14.6 Å². The number of pyridine rings is 1. The molecule has 0 unspecified atom stereocenters. The molecule has 9 nitrogen and oxygen atoms in total. The van der Waals surface area contributed by atoms with E-state index in [4.69, 9.17) is 4.98 Å². The summed E-state index contributed by atoms with van der Waals surface area (Å²) in [6.45, 7) is 3.92. The van der Waals surface area contributed by atoms with Crippen LogP contribution in [0.2, 0.25) is 0 Å². The first-order chi connectivity index (χ1) is 15.5. The summed E-state index contributed by atoms with van der Waals surface area (Å²) in [5.74, 6) is 0.466. The number of aromatic nitrogens is 6. The molecule has 160 valence electrons. The van der Waals surface area contributed by atoms with Crippen molar-refractivity contribution in [1.29, 1.82) is 0 Å². The molecule has 0 saturated heterocycles. The third-order valence-corrected chi connectivity index (χ3v) is 6.04. The first kappa shape index (κ1) is 19.9. The number of nitrogens with one attached hydrogen (secondary N) is 3. The maximum absolute atomic E-state index is 12.9. The second-order valence-electron chi connectivity index (χ2n) is 7.46. The minimum atomic E-state index is -0.221. The summed E-state index contributed by atoms with van der Waals surface area (Å²) >= 11 is 1.27. The minimum Gasteiger partial charge on any atom is -0.320 e. The van der Waals surface area contributed by atoms with Gasteiger partial charge in [-0.1, -0.05) is 23.5 Å². The number of thiazole rings is 1. The van der Waals surface area contributed by atoms with Gasteiger partial charge in [0.25, 0.3) is 5.91 Å². The number of anilines is 3. The average Bonchev–Trinajstić information content (AvgIpc) is 3.52. The molecule has 1 aromatic carbocycles. The number of hydrogen-bond acceptors (Lipinski definition) is 7. The Bertz CT molecular complexity index is 1450. The van der Waals surface area contributed by atoms with Crippen molar-refractivity contribution in [2.75, 3.05) is 10.6 Å². The van der Waals surface area contributed by atoms with Gasteiger partial charge < -0.3 is 10.6 Å². The molecule has 0 aliphatic carbocycles. The number of amides is 1. The number of carbonyl (C=O) groups excluding carboxylic acids is 1. The molecular weight excluding hydrogens is 424 g/mol. The normalized spacial score (nSPS) is 11.1. The standard InChI is InChI=1S/C22H20N8OS/c1-12-4-7-17-15(9-24-29-17)19(12)27-21(31)18-10-23-22(32-18)28-20-13(2)5-6-16(26-20)14-8-25-30(3)11-14/h4-11H,1-3H3,(H,24,29)(H,27,31)(H,23,26,28). The fourth-order valence-corrected chi connectivity index (χ4v) is 4.09. The van der Waals surface area contributed by atoms with Crippen molar-refractivity contribution in [3.05, 3.63) is 65.1 Å². The van der Waals surface area contributed by atoms with Crippen LogP contribution in [0.1, 0.15) is 20.8 Å². The highest BCUT2D eigenvalue weighted by molar-refractivity contribution is 7.17. The molecule has 4 aromatic heterocycles. The van der Waals surface area contributed by atoms with Crippen LogP contribution >= 0.6 is 11.3 Å².